The van der Waals surface area contributed by atoms with E-state index in [0.717, 1.165) is 5.56 Å². The first kappa shape index (κ1) is 21.4. The highest BCUT2D eigenvalue weighted by atomic mass is 32.2. The molecule has 0 aliphatic carbocycles. The quantitative estimate of drug-likeness (QED) is 0.623. The minimum absolute atomic E-state index is 0.0165. The van der Waals surface area contributed by atoms with Gasteiger partial charge < -0.3 is 14.5 Å². The molecule has 1 heterocycles. The van der Waals surface area contributed by atoms with Gasteiger partial charge in [0.2, 0.25) is 5.91 Å². The summed E-state index contributed by atoms with van der Waals surface area (Å²) < 4.78 is 5.34. The average Bonchev–Trinajstić information content (AvgIpc) is 2.50. The molecule has 0 radical (unpaired) electrons. The van der Waals surface area contributed by atoms with E-state index in [1.807, 2.05) is 51.9 Å². The van der Waals surface area contributed by atoms with E-state index < -0.39 is 5.60 Å². The van der Waals surface area contributed by atoms with Gasteiger partial charge in [-0.05, 0) is 46.5 Å². The fraction of sp³-hybridized carbons (Fsp3) is 0.611. The second-order valence-electron chi connectivity index (χ2n) is 7.06. The lowest BCUT2D eigenvalue weighted by Crippen LogP contribution is -2.42. The lowest BCUT2D eigenvalue weighted by Gasteiger charge is -2.26. The Morgan fingerprint density at radius 1 is 1.24 bits per heavy atom. The molecule has 1 aromatic heterocycles. The van der Waals surface area contributed by atoms with Crippen molar-refractivity contribution in [3.63, 3.8) is 0 Å². The number of esters is 1. The Hall–Kier alpha value is -1.60. The van der Waals surface area contributed by atoms with Crippen LogP contribution < -0.4 is 0 Å². The van der Waals surface area contributed by atoms with Gasteiger partial charge in [0.15, 0.2) is 0 Å². The van der Waals surface area contributed by atoms with Crippen molar-refractivity contribution >= 4 is 23.6 Å². The van der Waals surface area contributed by atoms with Gasteiger partial charge in [-0.1, -0.05) is 6.07 Å². The second-order valence-corrected chi connectivity index (χ2v) is 8.04. The minimum Gasteiger partial charge on any atom is -0.459 e. The van der Waals surface area contributed by atoms with Crippen LogP contribution >= 0.6 is 11.8 Å². The van der Waals surface area contributed by atoms with Crippen LogP contribution in [0.4, 0.5) is 0 Å². The number of hydrogen-bond acceptors (Lipinski definition) is 6. The maximum absolute atomic E-state index is 12.5. The van der Waals surface area contributed by atoms with Crippen molar-refractivity contribution in [2.75, 3.05) is 39.5 Å². The van der Waals surface area contributed by atoms with Crippen LogP contribution in [0.5, 0.6) is 0 Å². The Morgan fingerprint density at radius 3 is 2.52 bits per heavy atom. The molecule has 0 saturated carbocycles. The summed E-state index contributed by atoms with van der Waals surface area (Å²) in [5.74, 6) is 0.608. The Labute approximate surface area is 154 Å². The maximum Gasteiger partial charge on any atom is 0.326 e. The summed E-state index contributed by atoms with van der Waals surface area (Å²) in [5, 5.41) is 0. The van der Waals surface area contributed by atoms with Crippen LogP contribution in [-0.4, -0.2) is 71.7 Å². The van der Waals surface area contributed by atoms with Crippen molar-refractivity contribution in [3.05, 3.63) is 30.1 Å². The maximum atomic E-state index is 12.5. The lowest BCUT2D eigenvalue weighted by molar-refractivity contribution is -0.158. The molecule has 0 aliphatic heterocycles. The van der Waals surface area contributed by atoms with Gasteiger partial charge in [0.25, 0.3) is 0 Å². The number of amides is 1. The molecule has 0 unspecified atom stereocenters. The van der Waals surface area contributed by atoms with Gasteiger partial charge in [-0.2, -0.15) is 0 Å². The van der Waals surface area contributed by atoms with E-state index in [1.165, 1.54) is 11.8 Å². The van der Waals surface area contributed by atoms with E-state index in [4.69, 9.17) is 4.74 Å². The molecule has 1 amide bonds. The average molecular weight is 368 g/mol. The molecule has 0 aromatic carbocycles. The zero-order chi connectivity index (χ0) is 18.9. The highest BCUT2D eigenvalue weighted by molar-refractivity contribution is 7.99. The first-order valence-corrected chi connectivity index (χ1v) is 9.44. The van der Waals surface area contributed by atoms with Crippen molar-refractivity contribution in [3.8, 4) is 0 Å². The van der Waals surface area contributed by atoms with Gasteiger partial charge in [0, 0.05) is 31.2 Å². The molecule has 1 rings (SSSR count). The minimum atomic E-state index is -0.553. The predicted octanol–water partition coefficient (Wildman–Crippen LogP) is 2.05. The number of hydrogen-bond donors (Lipinski definition) is 0. The molecule has 0 atom stereocenters. The number of nitrogens with zero attached hydrogens (tertiary/aromatic N) is 3. The van der Waals surface area contributed by atoms with Crippen molar-refractivity contribution in [1.29, 1.82) is 0 Å². The van der Waals surface area contributed by atoms with Crippen LogP contribution in [0.2, 0.25) is 0 Å². The predicted molar refractivity (Wildman–Crippen MR) is 101 cm³/mol. The Bertz CT molecular complexity index is 544. The van der Waals surface area contributed by atoms with E-state index >= 15 is 0 Å². The summed E-state index contributed by atoms with van der Waals surface area (Å²) in [4.78, 5) is 32.2. The first-order chi connectivity index (χ1) is 11.7. The standard InChI is InChI=1S/C18H29N3O3S/c1-18(2,3)24-17(23)12-21(10-9-20(4)5)16(22)14-25-13-15-7-6-8-19-11-15/h6-8,11H,9-10,12-14H2,1-5H3. The zero-order valence-corrected chi connectivity index (χ0v) is 16.6. The highest BCUT2D eigenvalue weighted by Crippen LogP contribution is 2.12. The Morgan fingerprint density at radius 2 is 1.96 bits per heavy atom. The normalized spacial score (nSPS) is 11.4. The van der Waals surface area contributed by atoms with Gasteiger partial charge >= 0.3 is 5.97 Å². The highest BCUT2D eigenvalue weighted by Gasteiger charge is 2.22. The van der Waals surface area contributed by atoms with E-state index in [9.17, 15) is 9.59 Å². The number of likely N-dealkylation sites (N-methyl/N-ethyl adjacent to an activating group) is 1. The van der Waals surface area contributed by atoms with Gasteiger partial charge in [-0.15, -0.1) is 11.8 Å². The topological polar surface area (TPSA) is 62.7 Å². The third-order valence-electron chi connectivity index (χ3n) is 3.13. The number of thioether (sulfide) groups is 1. The Kier molecular flexibility index (Phi) is 8.92. The van der Waals surface area contributed by atoms with Crippen molar-refractivity contribution < 1.29 is 14.3 Å². The van der Waals surface area contributed by atoms with E-state index in [-0.39, 0.29) is 18.4 Å². The van der Waals surface area contributed by atoms with Crippen molar-refractivity contribution in [2.24, 2.45) is 0 Å². The molecule has 0 saturated heterocycles. The third-order valence-corrected chi connectivity index (χ3v) is 4.12. The lowest BCUT2D eigenvalue weighted by atomic mass is 10.2. The molecular formula is C18H29N3O3S. The van der Waals surface area contributed by atoms with E-state index in [1.54, 1.807) is 17.3 Å². The summed E-state index contributed by atoms with van der Waals surface area (Å²) in [5.41, 5.74) is 0.523. The van der Waals surface area contributed by atoms with Crippen LogP contribution in [0.25, 0.3) is 0 Å². The molecule has 1 aromatic rings. The van der Waals surface area contributed by atoms with Gasteiger partial charge in [-0.25, -0.2) is 0 Å². The summed E-state index contributed by atoms with van der Waals surface area (Å²) in [6.07, 6.45) is 3.52. The van der Waals surface area contributed by atoms with Crippen LogP contribution in [0, 0.1) is 0 Å². The summed E-state index contributed by atoms with van der Waals surface area (Å²) >= 11 is 1.52. The van der Waals surface area contributed by atoms with E-state index in [0.29, 0.717) is 24.6 Å². The molecule has 0 N–H and O–H groups in total. The van der Waals surface area contributed by atoms with Crippen LogP contribution in [0.3, 0.4) is 0 Å². The summed E-state index contributed by atoms with van der Waals surface area (Å²) in [6, 6.07) is 3.86. The largest absolute Gasteiger partial charge is 0.459 e. The SMILES string of the molecule is CN(C)CCN(CC(=O)OC(C)(C)C)C(=O)CSCc1cccnc1. The molecule has 25 heavy (non-hydrogen) atoms. The molecule has 0 aliphatic rings. The van der Waals surface area contributed by atoms with E-state index in [2.05, 4.69) is 4.98 Å². The molecule has 0 spiro atoms. The monoisotopic (exact) mass is 367 g/mol. The number of ether oxygens (including phenoxy) is 1. The number of pyridine rings is 1. The number of carbonyl (C=O) groups excluding carboxylic acids is 2. The Balaban J connectivity index is 2.54. The van der Waals surface area contributed by atoms with Crippen LogP contribution in [-0.2, 0) is 20.1 Å². The first-order valence-electron chi connectivity index (χ1n) is 8.28. The van der Waals surface area contributed by atoms with Crippen LogP contribution in [0.1, 0.15) is 26.3 Å². The molecule has 6 nitrogen and oxygen atoms in total. The fourth-order valence-electron chi connectivity index (χ4n) is 1.97. The van der Waals surface area contributed by atoms with Gasteiger partial charge in [0.05, 0.1) is 5.75 Å². The molecule has 0 fully saturated rings. The zero-order valence-electron chi connectivity index (χ0n) is 15.8. The molecule has 7 heteroatoms. The molecular weight excluding hydrogens is 338 g/mol. The van der Waals surface area contributed by atoms with Gasteiger partial charge in [0.1, 0.15) is 12.1 Å². The number of carbonyl (C=O) groups is 2. The number of aromatic nitrogens is 1. The molecule has 0 bridgehead atoms. The van der Waals surface area contributed by atoms with Crippen LogP contribution in [0.15, 0.2) is 24.5 Å². The second kappa shape index (κ2) is 10.4. The summed E-state index contributed by atoms with van der Waals surface area (Å²) in [7, 11) is 3.88. The summed E-state index contributed by atoms with van der Waals surface area (Å²) in [6.45, 7) is 6.64. The third kappa shape index (κ3) is 10.1. The molecule has 140 valence electrons. The van der Waals surface area contributed by atoms with Gasteiger partial charge in [-0.3, -0.25) is 14.6 Å². The van der Waals surface area contributed by atoms with Crippen molar-refractivity contribution in [1.82, 2.24) is 14.8 Å². The smallest absolute Gasteiger partial charge is 0.326 e. The number of rotatable bonds is 9. The fourth-order valence-corrected chi connectivity index (χ4v) is 2.84. The van der Waals surface area contributed by atoms with Crippen molar-refractivity contribution in [2.45, 2.75) is 32.1 Å².